The molecule has 2 rings (SSSR count). The first-order valence-corrected chi connectivity index (χ1v) is 11.7. The Hall–Kier alpha value is -1.26. The van der Waals surface area contributed by atoms with Gasteiger partial charge in [-0.15, -0.1) is 24.0 Å². The van der Waals surface area contributed by atoms with E-state index in [4.69, 9.17) is 23.9 Å². The summed E-state index contributed by atoms with van der Waals surface area (Å²) < 4.78 is 22.2. The van der Waals surface area contributed by atoms with Crippen LogP contribution in [-0.2, 0) is 15.9 Å². The predicted molar refractivity (Wildman–Crippen MR) is 141 cm³/mol. The standard InChI is InChI=1S/C24H41N3O4.HI/c1-4-25-24(27-14-7-15-30-19-21-11-16-29-17-12-21)26-13-6-8-20-9-10-22(28-3)23(18-20)31-5-2;/h9-10,18,21H,4-8,11-17,19H2,1-3H3,(H2,25,26,27);1H. The van der Waals surface area contributed by atoms with Crippen molar-refractivity contribution in [3.8, 4) is 11.5 Å². The molecular formula is C24H42IN3O4. The maximum Gasteiger partial charge on any atom is 0.191 e. The number of nitrogens with one attached hydrogen (secondary N) is 2. The number of methoxy groups -OCH3 is 1. The van der Waals surface area contributed by atoms with Gasteiger partial charge in [0.1, 0.15) is 0 Å². The van der Waals surface area contributed by atoms with Crippen molar-refractivity contribution in [1.82, 2.24) is 10.6 Å². The number of nitrogens with zero attached hydrogens (tertiary/aromatic N) is 1. The number of hydrogen-bond acceptors (Lipinski definition) is 5. The Morgan fingerprint density at radius 2 is 1.94 bits per heavy atom. The second-order valence-electron chi connectivity index (χ2n) is 7.69. The minimum atomic E-state index is 0. The van der Waals surface area contributed by atoms with Crippen LogP contribution in [0.3, 0.4) is 0 Å². The highest BCUT2D eigenvalue weighted by Crippen LogP contribution is 2.28. The van der Waals surface area contributed by atoms with Gasteiger partial charge in [0.15, 0.2) is 17.5 Å². The van der Waals surface area contributed by atoms with Gasteiger partial charge in [0.25, 0.3) is 0 Å². The third-order valence-corrected chi connectivity index (χ3v) is 5.22. The Labute approximate surface area is 211 Å². The number of aryl methyl sites for hydroxylation is 1. The molecule has 0 aliphatic carbocycles. The molecule has 184 valence electrons. The van der Waals surface area contributed by atoms with Crippen molar-refractivity contribution in [2.75, 3.05) is 59.8 Å². The van der Waals surface area contributed by atoms with Crippen LogP contribution in [0, 0.1) is 5.92 Å². The van der Waals surface area contributed by atoms with Crippen LogP contribution in [0.25, 0.3) is 0 Å². The van der Waals surface area contributed by atoms with Crippen LogP contribution in [0.15, 0.2) is 23.2 Å². The molecule has 0 saturated carbocycles. The van der Waals surface area contributed by atoms with Gasteiger partial charge in [-0.3, -0.25) is 4.99 Å². The lowest BCUT2D eigenvalue weighted by Crippen LogP contribution is -2.38. The molecule has 8 heteroatoms. The van der Waals surface area contributed by atoms with Crippen LogP contribution >= 0.6 is 24.0 Å². The average molecular weight is 564 g/mol. The minimum absolute atomic E-state index is 0. The molecule has 1 aliphatic rings. The van der Waals surface area contributed by atoms with Gasteiger partial charge in [-0.05, 0) is 69.6 Å². The highest BCUT2D eigenvalue weighted by molar-refractivity contribution is 14.0. The molecule has 32 heavy (non-hydrogen) atoms. The quantitative estimate of drug-likeness (QED) is 0.154. The van der Waals surface area contributed by atoms with Crippen LogP contribution in [0.4, 0.5) is 0 Å². The van der Waals surface area contributed by atoms with Gasteiger partial charge in [0, 0.05) is 46.1 Å². The molecule has 1 aliphatic heterocycles. The molecule has 1 heterocycles. The molecule has 1 aromatic carbocycles. The highest BCUT2D eigenvalue weighted by Gasteiger charge is 2.13. The van der Waals surface area contributed by atoms with Crippen LogP contribution in [0.2, 0.25) is 0 Å². The molecule has 0 amide bonds. The van der Waals surface area contributed by atoms with Gasteiger partial charge in [0.2, 0.25) is 0 Å². The van der Waals surface area contributed by atoms with E-state index in [0.717, 1.165) is 95.6 Å². The number of benzene rings is 1. The summed E-state index contributed by atoms with van der Waals surface area (Å²) in [4.78, 5) is 4.70. The summed E-state index contributed by atoms with van der Waals surface area (Å²) in [5.74, 6) is 3.12. The fourth-order valence-corrected chi connectivity index (χ4v) is 3.50. The highest BCUT2D eigenvalue weighted by atomic mass is 127. The van der Waals surface area contributed by atoms with E-state index in [1.165, 1.54) is 5.56 Å². The Bertz CT molecular complexity index is 640. The van der Waals surface area contributed by atoms with Gasteiger partial charge in [-0.2, -0.15) is 0 Å². The van der Waals surface area contributed by atoms with E-state index in [0.29, 0.717) is 12.5 Å². The average Bonchev–Trinajstić information content (AvgIpc) is 2.80. The summed E-state index contributed by atoms with van der Waals surface area (Å²) in [5.41, 5.74) is 1.24. The van der Waals surface area contributed by atoms with Crippen molar-refractivity contribution < 1.29 is 18.9 Å². The SMILES string of the molecule is CCNC(=NCCCc1ccc(OC)c(OCC)c1)NCCCOCC1CCOCC1.I. The van der Waals surface area contributed by atoms with Gasteiger partial charge >= 0.3 is 0 Å². The van der Waals surface area contributed by atoms with E-state index in [-0.39, 0.29) is 24.0 Å². The molecule has 1 aromatic rings. The summed E-state index contributed by atoms with van der Waals surface area (Å²) in [6.45, 7) is 10.6. The van der Waals surface area contributed by atoms with Crippen molar-refractivity contribution >= 4 is 29.9 Å². The lowest BCUT2D eigenvalue weighted by Gasteiger charge is -2.21. The molecule has 0 unspecified atom stereocenters. The third kappa shape index (κ3) is 11.6. The molecule has 0 radical (unpaired) electrons. The van der Waals surface area contributed by atoms with Crippen molar-refractivity contribution in [1.29, 1.82) is 0 Å². The minimum Gasteiger partial charge on any atom is -0.493 e. The Balaban J connectivity index is 0.00000512. The van der Waals surface area contributed by atoms with Gasteiger partial charge in [-0.25, -0.2) is 0 Å². The molecule has 0 atom stereocenters. The fraction of sp³-hybridized carbons (Fsp3) is 0.708. The Kier molecular flexibility index (Phi) is 16.4. The number of rotatable bonds is 14. The summed E-state index contributed by atoms with van der Waals surface area (Å²) in [6.07, 6.45) is 5.15. The number of hydrogen-bond donors (Lipinski definition) is 2. The van der Waals surface area contributed by atoms with E-state index in [9.17, 15) is 0 Å². The maximum atomic E-state index is 5.83. The Morgan fingerprint density at radius 1 is 1.12 bits per heavy atom. The first kappa shape index (κ1) is 28.8. The van der Waals surface area contributed by atoms with Crippen molar-refractivity contribution in [3.63, 3.8) is 0 Å². The molecular weight excluding hydrogens is 521 g/mol. The molecule has 0 spiro atoms. The fourth-order valence-electron chi connectivity index (χ4n) is 3.50. The number of halogens is 1. The lowest BCUT2D eigenvalue weighted by atomic mass is 10.0. The third-order valence-electron chi connectivity index (χ3n) is 5.22. The van der Waals surface area contributed by atoms with Crippen molar-refractivity contribution in [2.45, 2.75) is 46.0 Å². The molecule has 2 N–H and O–H groups in total. The second kappa shape index (κ2) is 18.2. The number of aliphatic imine (C=N–C) groups is 1. The summed E-state index contributed by atoms with van der Waals surface area (Å²) in [7, 11) is 1.67. The van der Waals surface area contributed by atoms with Crippen LogP contribution in [-0.4, -0.2) is 65.7 Å². The molecule has 7 nitrogen and oxygen atoms in total. The zero-order valence-electron chi connectivity index (χ0n) is 20.0. The molecule has 0 aromatic heterocycles. The van der Waals surface area contributed by atoms with E-state index in [1.807, 2.05) is 13.0 Å². The van der Waals surface area contributed by atoms with Crippen molar-refractivity contribution in [3.05, 3.63) is 23.8 Å². The van der Waals surface area contributed by atoms with Crippen LogP contribution < -0.4 is 20.1 Å². The van der Waals surface area contributed by atoms with Crippen LogP contribution in [0.5, 0.6) is 11.5 Å². The lowest BCUT2D eigenvalue weighted by molar-refractivity contribution is 0.0203. The van der Waals surface area contributed by atoms with Gasteiger partial charge in [-0.1, -0.05) is 6.07 Å². The van der Waals surface area contributed by atoms with Gasteiger partial charge < -0.3 is 29.6 Å². The van der Waals surface area contributed by atoms with Crippen LogP contribution in [0.1, 0.15) is 45.1 Å². The Morgan fingerprint density at radius 3 is 2.66 bits per heavy atom. The summed E-state index contributed by atoms with van der Waals surface area (Å²) in [6, 6.07) is 6.13. The van der Waals surface area contributed by atoms with E-state index in [2.05, 4.69) is 29.7 Å². The normalized spacial score (nSPS) is 14.5. The van der Waals surface area contributed by atoms with Gasteiger partial charge in [0.05, 0.1) is 13.7 Å². The summed E-state index contributed by atoms with van der Waals surface area (Å²) >= 11 is 0. The monoisotopic (exact) mass is 563 g/mol. The number of guanidine groups is 1. The zero-order valence-corrected chi connectivity index (χ0v) is 22.3. The largest absolute Gasteiger partial charge is 0.493 e. The molecule has 0 bridgehead atoms. The van der Waals surface area contributed by atoms with E-state index >= 15 is 0 Å². The predicted octanol–water partition coefficient (Wildman–Crippen LogP) is 4.03. The maximum absolute atomic E-state index is 5.83. The zero-order chi connectivity index (χ0) is 22.2. The van der Waals surface area contributed by atoms with E-state index in [1.54, 1.807) is 7.11 Å². The topological polar surface area (TPSA) is 73.3 Å². The molecule has 1 saturated heterocycles. The first-order valence-electron chi connectivity index (χ1n) is 11.7. The second-order valence-corrected chi connectivity index (χ2v) is 7.69. The summed E-state index contributed by atoms with van der Waals surface area (Å²) in [5, 5.41) is 6.71. The van der Waals surface area contributed by atoms with E-state index < -0.39 is 0 Å². The first-order chi connectivity index (χ1) is 15.3. The number of ether oxygens (including phenoxy) is 4. The molecule has 1 fully saturated rings. The smallest absolute Gasteiger partial charge is 0.191 e. The van der Waals surface area contributed by atoms with Crippen molar-refractivity contribution in [2.24, 2.45) is 10.9 Å².